The van der Waals surface area contributed by atoms with Crippen LogP contribution in [0.4, 0.5) is 0 Å². The van der Waals surface area contributed by atoms with Gasteiger partial charge in [0.25, 0.3) is 0 Å². The topological polar surface area (TPSA) is 49.6 Å². The van der Waals surface area contributed by atoms with Crippen molar-refractivity contribution in [2.45, 2.75) is 0 Å². The van der Waals surface area contributed by atoms with E-state index in [0.29, 0.717) is 11.4 Å². The molecule has 0 atom stereocenters. The van der Waals surface area contributed by atoms with Gasteiger partial charge in [0.15, 0.2) is 5.82 Å². The van der Waals surface area contributed by atoms with Crippen molar-refractivity contribution in [1.29, 1.82) is 5.26 Å². The molecule has 4 heteroatoms. The number of fused-ring (bicyclic) bond motifs is 3. The van der Waals surface area contributed by atoms with Gasteiger partial charge >= 0.3 is 0 Å². The Morgan fingerprint density at radius 2 is 1.23 bits per heavy atom. The third kappa shape index (κ3) is 4.16. The molecule has 7 aromatic rings. The van der Waals surface area contributed by atoms with E-state index in [1.807, 2.05) is 60.7 Å². The third-order valence-electron chi connectivity index (χ3n) is 6.96. The lowest BCUT2D eigenvalue weighted by molar-refractivity contribution is 1.19. The van der Waals surface area contributed by atoms with E-state index >= 15 is 0 Å². The van der Waals surface area contributed by atoms with Crippen LogP contribution in [0.3, 0.4) is 0 Å². The van der Waals surface area contributed by atoms with Gasteiger partial charge in [-0.05, 0) is 35.4 Å². The normalized spacial score (nSPS) is 11.1. The van der Waals surface area contributed by atoms with Gasteiger partial charge in [-0.15, -0.1) is 11.3 Å². The Hall–Kier alpha value is -5.11. The van der Waals surface area contributed by atoms with Gasteiger partial charge in [-0.3, -0.25) is 0 Å². The van der Waals surface area contributed by atoms with Crippen molar-refractivity contribution >= 4 is 31.5 Å². The Kier molecular flexibility index (Phi) is 5.70. The van der Waals surface area contributed by atoms with Crippen LogP contribution < -0.4 is 0 Å². The van der Waals surface area contributed by atoms with Crippen molar-refractivity contribution in [1.82, 2.24) is 9.97 Å². The lowest BCUT2D eigenvalue weighted by Crippen LogP contribution is -1.97. The summed E-state index contributed by atoms with van der Waals surface area (Å²) in [6.45, 7) is 0. The van der Waals surface area contributed by atoms with Crippen molar-refractivity contribution in [3.05, 3.63) is 133 Å². The highest BCUT2D eigenvalue weighted by Gasteiger charge is 2.19. The van der Waals surface area contributed by atoms with Crippen molar-refractivity contribution in [2.24, 2.45) is 0 Å². The number of nitriles is 1. The van der Waals surface area contributed by atoms with Crippen LogP contribution in [0.2, 0.25) is 0 Å². The fraction of sp³-hybridized carbons (Fsp3) is 0. The van der Waals surface area contributed by atoms with Crippen LogP contribution in [0.1, 0.15) is 5.56 Å². The van der Waals surface area contributed by atoms with Crippen LogP contribution in [0, 0.1) is 11.3 Å². The Morgan fingerprint density at radius 3 is 1.97 bits per heavy atom. The summed E-state index contributed by atoms with van der Waals surface area (Å²) in [6, 6.07) is 45.5. The summed E-state index contributed by atoms with van der Waals surface area (Å²) in [6.07, 6.45) is 0. The van der Waals surface area contributed by atoms with Crippen LogP contribution in [0.25, 0.3) is 65.2 Å². The van der Waals surface area contributed by atoms with Crippen LogP contribution in [0.15, 0.2) is 127 Å². The minimum atomic E-state index is 0.642. The molecule has 0 radical (unpaired) electrons. The predicted molar refractivity (Wildman–Crippen MR) is 161 cm³/mol. The number of nitrogens with zero attached hydrogens (tertiary/aromatic N) is 3. The number of hydrogen-bond donors (Lipinski definition) is 0. The summed E-state index contributed by atoms with van der Waals surface area (Å²) >= 11 is 1.79. The van der Waals surface area contributed by atoms with Crippen LogP contribution in [-0.4, -0.2) is 9.97 Å². The molecule has 0 N–H and O–H groups in total. The van der Waals surface area contributed by atoms with Crippen molar-refractivity contribution in [3.8, 4) is 51.1 Å². The number of thiophene rings is 1. The first-order valence-corrected chi connectivity index (χ1v) is 13.6. The molecule has 0 aliphatic rings. The van der Waals surface area contributed by atoms with E-state index in [9.17, 15) is 5.26 Å². The molecular weight excluding hydrogens is 494 g/mol. The Labute approximate surface area is 230 Å². The molecule has 0 unspecified atom stereocenters. The maximum absolute atomic E-state index is 9.37. The SMILES string of the molecule is N#Cc1ccc(-c2ccc3c(sc4ccccc43)c2-c2cc(-c3ccccc3)nc(-c3ccccc3)n2)cc1. The lowest BCUT2D eigenvalue weighted by Gasteiger charge is -2.14. The van der Waals surface area contributed by atoms with Gasteiger partial charge in [-0.1, -0.05) is 103 Å². The highest BCUT2D eigenvalue weighted by atomic mass is 32.1. The minimum absolute atomic E-state index is 0.642. The van der Waals surface area contributed by atoms with Crippen molar-refractivity contribution in [2.75, 3.05) is 0 Å². The van der Waals surface area contributed by atoms with Gasteiger partial charge in [-0.25, -0.2) is 9.97 Å². The lowest BCUT2D eigenvalue weighted by atomic mass is 9.94. The maximum Gasteiger partial charge on any atom is 0.160 e. The van der Waals surface area contributed by atoms with E-state index in [1.165, 1.54) is 20.2 Å². The maximum atomic E-state index is 9.37. The molecule has 5 aromatic carbocycles. The summed E-state index contributed by atoms with van der Waals surface area (Å²) in [5.74, 6) is 0.691. The summed E-state index contributed by atoms with van der Waals surface area (Å²) in [5, 5.41) is 11.8. The van der Waals surface area contributed by atoms with Gasteiger partial charge in [0.2, 0.25) is 0 Å². The Bertz CT molecular complexity index is 1940. The molecule has 0 aliphatic heterocycles. The van der Waals surface area contributed by atoms with E-state index < -0.39 is 0 Å². The fourth-order valence-electron chi connectivity index (χ4n) is 5.06. The third-order valence-corrected chi connectivity index (χ3v) is 8.16. The minimum Gasteiger partial charge on any atom is -0.228 e. The van der Waals surface area contributed by atoms with Gasteiger partial charge < -0.3 is 0 Å². The Balaban J connectivity index is 1.57. The van der Waals surface area contributed by atoms with E-state index in [2.05, 4.69) is 72.8 Å². The highest BCUT2D eigenvalue weighted by Crippen LogP contribution is 2.45. The zero-order chi connectivity index (χ0) is 26.2. The second-order valence-corrected chi connectivity index (χ2v) is 10.4. The van der Waals surface area contributed by atoms with Gasteiger partial charge in [-0.2, -0.15) is 5.26 Å². The summed E-state index contributed by atoms with van der Waals surface area (Å²) in [5.41, 5.74) is 7.61. The highest BCUT2D eigenvalue weighted by molar-refractivity contribution is 7.26. The van der Waals surface area contributed by atoms with Crippen molar-refractivity contribution < 1.29 is 0 Å². The summed E-state index contributed by atoms with van der Waals surface area (Å²) < 4.78 is 2.43. The quantitative estimate of drug-likeness (QED) is 0.235. The predicted octanol–water partition coefficient (Wildman–Crippen LogP) is 9.38. The Morgan fingerprint density at radius 1 is 0.564 bits per heavy atom. The molecule has 0 spiro atoms. The van der Waals surface area contributed by atoms with Crippen LogP contribution >= 0.6 is 11.3 Å². The van der Waals surface area contributed by atoms with Gasteiger partial charge in [0.1, 0.15) is 0 Å². The smallest absolute Gasteiger partial charge is 0.160 e. The molecule has 0 saturated carbocycles. The molecule has 2 aromatic heterocycles. The summed E-state index contributed by atoms with van der Waals surface area (Å²) in [7, 11) is 0. The van der Waals surface area contributed by atoms with E-state index in [1.54, 1.807) is 11.3 Å². The van der Waals surface area contributed by atoms with Crippen molar-refractivity contribution in [3.63, 3.8) is 0 Å². The number of rotatable bonds is 4. The second-order valence-electron chi connectivity index (χ2n) is 9.35. The molecule has 7 rings (SSSR count). The largest absolute Gasteiger partial charge is 0.228 e. The second kappa shape index (κ2) is 9.64. The number of hydrogen-bond acceptors (Lipinski definition) is 4. The standard InChI is InChI=1S/C35H21N3S/c36-22-23-15-17-24(18-16-23)27-19-20-29-28-13-7-8-14-32(28)39-34(29)33(27)31-21-30(25-9-3-1-4-10-25)37-35(38-31)26-11-5-2-6-12-26/h1-21H. The first-order chi connectivity index (χ1) is 19.3. The molecule has 0 fully saturated rings. The van der Waals surface area contributed by atoms with Gasteiger partial charge in [0.05, 0.1) is 23.0 Å². The first-order valence-electron chi connectivity index (χ1n) is 12.7. The zero-order valence-corrected chi connectivity index (χ0v) is 21.7. The average molecular weight is 516 g/mol. The molecule has 2 heterocycles. The van der Waals surface area contributed by atoms with E-state index in [4.69, 9.17) is 9.97 Å². The molecule has 39 heavy (non-hydrogen) atoms. The van der Waals surface area contributed by atoms with E-state index in [-0.39, 0.29) is 0 Å². The molecule has 0 saturated heterocycles. The molecule has 0 bridgehead atoms. The fourth-order valence-corrected chi connectivity index (χ4v) is 6.32. The zero-order valence-electron chi connectivity index (χ0n) is 20.9. The van der Waals surface area contributed by atoms with Crippen LogP contribution in [-0.2, 0) is 0 Å². The van der Waals surface area contributed by atoms with Gasteiger partial charge in [0, 0.05) is 36.9 Å². The first kappa shape index (κ1) is 23.0. The monoisotopic (exact) mass is 515 g/mol. The molecule has 0 aliphatic carbocycles. The number of aromatic nitrogens is 2. The molecule has 0 amide bonds. The van der Waals surface area contributed by atoms with Crippen LogP contribution in [0.5, 0.6) is 0 Å². The number of benzene rings is 5. The van der Waals surface area contributed by atoms with E-state index in [0.717, 1.165) is 39.2 Å². The average Bonchev–Trinajstić information content (AvgIpc) is 3.40. The molecule has 3 nitrogen and oxygen atoms in total. The summed E-state index contributed by atoms with van der Waals surface area (Å²) in [4.78, 5) is 10.2. The molecule has 182 valence electrons. The molecular formula is C35H21N3S.